The number of ether oxygens (including phenoxy) is 1. The summed E-state index contributed by atoms with van der Waals surface area (Å²) in [5.74, 6) is -4.54. The fraction of sp³-hybridized carbons (Fsp3) is 0.455. The molecule has 0 radical (unpaired) electrons. The van der Waals surface area contributed by atoms with E-state index in [-0.39, 0.29) is 11.1 Å². The van der Waals surface area contributed by atoms with Gasteiger partial charge in [0.2, 0.25) is 0 Å². The van der Waals surface area contributed by atoms with E-state index in [2.05, 4.69) is 0 Å². The SMILES string of the molecule is COc1c(C)cc(C(F)(F)C(F)(F)F)cc1C. The van der Waals surface area contributed by atoms with E-state index in [4.69, 9.17) is 4.74 Å². The van der Waals surface area contributed by atoms with Gasteiger partial charge in [-0.15, -0.1) is 0 Å². The average Bonchev–Trinajstić information content (AvgIpc) is 2.15. The molecule has 0 aliphatic heterocycles. The molecule has 0 saturated carbocycles. The molecule has 6 heteroatoms. The van der Waals surface area contributed by atoms with Crippen molar-refractivity contribution in [3.63, 3.8) is 0 Å². The quantitative estimate of drug-likeness (QED) is 0.726. The maximum atomic E-state index is 13.1. The second-order valence-corrected chi connectivity index (χ2v) is 3.72. The summed E-state index contributed by atoms with van der Waals surface area (Å²) in [7, 11) is 1.33. The number of halogens is 5. The van der Waals surface area contributed by atoms with Crippen LogP contribution in [0.5, 0.6) is 5.75 Å². The van der Waals surface area contributed by atoms with Crippen molar-refractivity contribution in [3.05, 3.63) is 28.8 Å². The van der Waals surface area contributed by atoms with Crippen LogP contribution >= 0.6 is 0 Å². The zero-order chi connectivity index (χ0) is 13.4. The van der Waals surface area contributed by atoms with Crippen molar-refractivity contribution in [2.45, 2.75) is 25.9 Å². The summed E-state index contributed by atoms with van der Waals surface area (Å²) in [6, 6.07) is 1.58. The summed E-state index contributed by atoms with van der Waals surface area (Å²) in [6.07, 6.45) is -5.60. The molecule has 0 saturated heterocycles. The van der Waals surface area contributed by atoms with E-state index in [9.17, 15) is 22.0 Å². The van der Waals surface area contributed by atoms with E-state index < -0.39 is 17.7 Å². The summed E-state index contributed by atoms with van der Waals surface area (Å²) < 4.78 is 67.6. The number of alkyl halides is 5. The van der Waals surface area contributed by atoms with Gasteiger partial charge >= 0.3 is 12.1 Å². The first-order valence-electron chi connectivity index (χ1n) is 4.71. The van der Waals surface area contributed by atoms with Gasteiger partial charge in [-0.1, -0.05) is 0 Å². The van der Waals surface area contributed by atoms with Crippen molar-refractivity contribution < 1.29 is 26.7 Å². The highest BCUT2D eigenvalue weighted by molar-refractivity contribution is 5.44. The molecular weight excluding hydrogens is 243 g/mol. The molecule has 96 valence electrons. The third-order valence-electron chi connectivity index (χ3n) is 2.38. The van der Waals surface area contributed by atoms with Crippen molar-refractivity contribution in [3.8, 4) is 5.75 Å². The molecule has 0 N–H and O–H groups in total. The Morgan fingerprint density at radius 1 is 0.941 bits per heavy atom. The predicted octanol–water partition coefficient (Wildman–Crippen LogP) is 3.97. The first kappa shape index (κ1) is 13.7. The lowest BCUT2D eigenvalue weighted by atomic mass is 10.0. The first-order valence-corrected chi connectivity index (χ1v) is 4.71. The van der Waals surface area contributed by atoms with E-state index in [1.165, 1.54) is 21.0 Å². The van der Waals surface area contributed by atoms with Crippen LogP contribution in [0.25, 0.3) is 0 Å². The highest BCUT2D eigenvalue weighted by Crippen LogP contribution is 2.45. The van der Waals surface area contributed by atoms with E-state index >= 15 is 0 Å². The van der Waals surface area contributed by atoms with Crippen LogP contribution < -0.4 is 4.74 Å². The van der Waals surface area contributed by atoms with Crippen LogP contribution in [-0.4, -0.2) is 13.3 Å². The lowest BCUT2D eigenvalue weighted by Crippen LogP contribution is -2.33. The monoisotopic (exact) mass is 254 g/mol. The van der Waals surface area contributed by atoms with Gasteiger partial charge in [0.25, 0.3) is 0 Å². The van der Waals surface area contributed by atoms with Gasteiger partial charge in [0.05, 0.1) is 7.11 Å². The zero-order valence-corrected chi connectivity index (χ0v) is 9.45. The molecule has 0 aliphatic carbocycles. The molecule has 0 aliphatic rings. The number of hydrogen-bond donors (Lipinski definition) is 0. The van der Waals surface area contributed by atoms with Crippen molar-refractivity contribution in [2.24, 2.45) is 0 Å². The number of rotatable bonds is 2. The Labute approximate surface area is 95.2 Å². The van der Waals surface area contributed by atoms with Gasteiger partial charge in [-0.3, -0.25) is 0 Å². The molecule has 0 amide bonds. The van der Waals surface area contributed by atoms with Gasteiger partial charge in [0.15, 0.2) is 0 Å². The normalized spacial score (nSPS) is 12.7. The van der Waals surface area contributed by atoms with Crippen molar-refractivity contribution in [2.75, 3.05) is 7.11 Å². The van der Waals surface area contributed by atoms with Crippen molar-refractivity contribution >= 4 is 0 Å². The molecule has 0 unspecified atom stereocenters. The Balaban J connectivity index is 3.35. The molecule has 0 atom stereocenters. The first-order chi connectivity index (χ1) is 7.61. The molecule has 1 nitrogen and oxygen atoms in total. The topological polar surface area (TPSA) is 9.23 Å². The van der Waals surface area contributed by atoms with Gasteiger partial charge in [-0.05, 0) is 37.1 Å². The second kappa shape index (κ2) is 4.16. The number of benzene rings is 1. The van der Waals surface area contributed by atoms with Crippen LogP contribution in [0.2, 0.25) is 0 Å². The van der Waals surface area contributed by atoms with Crippen LogP contribution in [0.15, 0.2) is 12.1 Å². The van der Waals surface area contributed by atoms with Crippen LogP contribution in [0.4, 0.5) is 22.0 Å². The summed E-state index contributed by atoms with van der Waals surface area (Å²) in [4.78, 5) is 0. The molecule has 0 heterocycles. The highest BCUT2D eigenvalue weighted by Gasteiger charge is 2.58. The minimum atomic E-state index is -5.60. The summed E-state index contributed by atoms with van der Waals surface area (Å²) in [5, 5.41) is 0. The maximum absolute atomic E-state index is 13.1. The van der Waals surface area contributed by atoms with E-state index in [0.717, 1.165) is 12.1 Å². The predicted molar refractivity (Wildman–Crippen MR) is 52.4 cm³/mol. The summed E-state index contributed by atoms with van der Waals surface area (Å²) in [5.41, 5.74) is -0.585. The Hall–Kier alpha value is -1.33. The van der Waals surface area contributed by atoms with Crippen LogP contribution in [0.3, 0.4) is 0 Å². The van der Waals surface area contributed by atoms with Gasteiger partial charge < -0.3 is 4.74 Å². The minimum absolute atomic E-state index is 0.242. The van der Waals surface area contributed by atoms with Crippen LogP contribution in [0, 0.1) is 13.8 Å². The summed E-state index contributed by atoms with van der Waals surface area (Å²) >= 11 is 0. The summed E-state index contributed by atoms with van der Waals surface area (Å²) in [6.45, 7) is 2.84. The fourth-order valence-electron chi connectivity index (χ4n) is 1.62. The Bertz CT molecular complexity index is 399. The molecule has 1 aromatic carbocycles. The third-order valence-corrected chi connectivity index (χ3v) is 2.38. The standard InChI is InChI=1S/C11H11F5O/c1-6-4-8(5-7(2)9(6)17-3)10(12,13)11(14,15)16/h4-5H,1-3H3. The van der Waals surface area contributed by atoms with Crippen LogP contribution in [0.1, 0.15) is 16.7 Å². The van der Waals surface area contributed by atoms with Gasteiger partial charge in [0, 0.05) is 5.56 Å². The Morgan fingerprint density at radius 3 is 1.65 bits per heavy atom. The molecule has 0 aromatic heterocycles. The van der Waals surface area contributed by atoms with E-state index in [1.807, 2.05) is 0 Å². The molecule has 17 heavy (non-hydrogen) atoms. The smallest absolute Gasteiger partial charge is 0.458 e. The zero-order valence-electron chi connectivity index (χ0n) is 9.45. The van der Waals surface area contributed by atoms with Crippen molar-refractivity contribution in [1.29, 1.82) is 0 Å². The molecule has 1 rings (SSSR count). The van der Waals surface area contributed by atoms with Crippen molar-refractivity contribution in [1.82, 2.24) is 0 Å². The molecule has 0 bridgehead atoms. The number of methoxy groups -OCH3 is 1. The number of hydrogen-bond acceptors (Lipinski definition) is 1. The third kappa shape index (κ3) is 2.35. The molecular formula is C11H11F5O. The van der Waals surface area contributed by atoms with Crippen LogP contribution in [-0.2, 0) is 5.92 Å². The average molecular weight is 254 g/mol. The largest absolute Gasteiger partial charge is 0.496 e. The lowest BCUT2D eigenvalue weighted by molar-refractivity contribution is -0.289. The second-order valence-electron chi connectivity index (χ2n) is 3.72. The molecule has 0 spiro atoms. The lowest BCUT2D eigenvalue weighted by Gasteiger charge is -2.21. The highest BCUT2D eigenvalue weighted by atomic mass is 19.4. The Morgan fingerprint density at radius 2 is 1.35 bits per heavy atom. The van der Waals surface area contributed by atoms with E-state index in [1.54, 1.807) is 0 Å². The minimum Gasteiger partial charge on any atom is -0.496 e. The van der Waals surface area contributed by atoms with Gasteiger partial charge in [-0.2, -0.15) is 22.0 Å². The molecule has 0 fully saturated rings. The number of aryl methyl sites for hydroxylation is 2. The molecule has 1 aromatic rings. The van der Waals surface area contributed by atoms with Gasteiger partial charge in [0.1, 0.15) is 5.75 Å². The fourth-order valence-corrected chi connectivity index (χ4v) is 1.62. The maximum Gasteiger partial charge on any atom is 0.458 e. The van der Waals surface area contributed by atoms with Gasteiger partial charge in [-0.25, -0.2) is 0 Å². The van der Waals surface area contributed by atoms with E-state index in [0.29, 0.717) is 5.75 Å². The Kier molecular flexibility index (Phi) is 3.36.